The zero-order valence-corrected chi connectivity index (χ0v) is 10.1. The second kappa shape index (κ2) is 3.43. The van der Waals surface area contributed by atoms with Gasteiger partial charge in [0.05, 0.1) is 21.6 Å². The van der Waals surface area contributed by atoms with Crippen molar-refractivity contribution in [2.75, 3.05) is 0 Å². The Hall–Kier alpha value is -2.13. The minimum Gasteiger partial charge on any atom is -0.276 e. The molecule has 3 nitrogen and oxygen atoms in total. The second-order valence-electron chi connectivity index (χ2n) is 4.17. The Kier molecular flexibility index (Phi) is 1.88. The minimum atomic E-state index is 0.700. The predicted octanol–water partition coefficient (Wildman–Crippen LogP) is 3.69. The van der Waals surface area contributed by atoms with Crippen LogP contribution in [0.15, 0.2) is 48.7 Å². The van der Waals surface area contributed by atoms with Gasteiger partial charge in [0, 0.05) is 11.6 Å². The first-order chi connectivity index (χ1) is 8.84. The third kappa shape index (κ3) is 1.19. The van der Waals surface area contributed by atoms with Crippen LogP contribution in [0.2, 0.25) is 5.02 Å². The molecule has 0 aliphatic heterocycles. The number of halogens is 1. The van der Waals surface area contributed by atoms with Gasteiger partial charge in [-0.2, -0.15) is 0 Å². The number of nitrogens with zero attached hydrogens (tertiary/aromatic N) is 3. The fraction of sp³-hybridized carbons (Fsp3) is 0. The smallest absolute Gasteiger partial charge is 0.235 e. The molecule has 0 saturated carbocycles. The van der Waals surface area contributed by atoms with Crippen LogP contribution >= 0.6 is 11.6 Å². The maximum absolute atomic E-state index is 6.20. The van der Waals surface area contributed by atoms with E-state index in [1.54, 1.807) is 6.20 Å². The molecule has 2 heterocycles. The summed E-state index contributed by atoms with van der Waals surface area (Å²) in [4.78, 5) is 8.88. The lowest BCUT2D eigenvalue weighted by atomic mass is 10.2. The minimum absolute atomic E-state index is 0.700. The molecule has 2 aromatic heterocycles. The molecule has 0 radical (unpaired) electrons. The van der Waals surface area contributed by atoms with Crippen molar-refractivity contribution in [1.29, 1.82) is 0 Å². The summed E-state index contributed by atoms with van der Waals surface area (Å²) in [5, 5.41) is 1.65. The van der Waals surface area contributed by atoms with Gasteiger partial charge in [0.25, 0.3) is 0 Å². The number of fused-ring (bicyclic) bond motifs is 5. The summed E-state index contributed by atoms with van der Waals surface area (Å²) in [6.07, 6.45) is 1.78. The monoisotopic (exact) mass is 253 g/mol. The molecule has 86 valence electrons. The van der Waals surface area contributed by atoms with E-state index >= 15 is 0 Å². The highest BCUT2D eigenvalue weighted by molar-refractivity contribution is 6.35. The van der Waals surface area contributed by atoms with Crippen molar-refractivity contribution in [3.05, 3.63) is 53.7 Å². The summed E-state index contributed by atoms with van der Waals surface area (Å²) in [6, 6.07) is 13.8. The molecule has 0 aliphatic carbocycles. The summed E-state index contributed by atoms with van der Waals surface area (Å²) in [5.41, 5.74) is 3.02. The van der Waals surface area contributed by atoms with Gasteiger partial charge in [-0.05, 0) is 24.3 Å². The van der Waals surface area contributed by atoms with E-state index in [9.17, 15) is 0 Å². The average Bonchev–Trinajstić information content (AvgIpc) is 2.77. The lowest BCUT2D eigenvalue weighted by Gasteiger charge is -2.03. The fourth-order valence-corrected chi connectivity index (χ4v) is 2.53. The maximum atomic E-state index is 6.20. The molecule has 0 fully saturated rings. The van der Waals surface area contributed by atoms with Crippen LogP contribution in [0.4, 0.5) is 0 Å². The number of aromatic nitrogens is 3. The summed E-state index contributed by atoms with van der Waals surface area (Å²) in [6.45, 7) is 0. The van der Waals surface area contributed by atoms with Crippen molar-refractivity contribution >= 4 is 39.3 Å². The van der Waals surface area contributed by atoms with Gasteiger partial charge in [0.1, 0.15) is 0 Å². The molecule has 0 amide bonds. The maximum Gasteiger partial charge on any atom is 0.235 e. The quantitative estimate of drug-likeness (QED) is 0.478. The van der Waals surface area contributed by atoms with Crippen LogP contribution in [0.1, 0.15) is 0 Å². The fourth-order valence-electron chi connectivity index (χ4n) is 2.31. The molecule has 18 heavy (non-hydrogen) atoms. The molecular formula is C14H8ClN3. The Bertz CT molecular complexity index is 895. The van der Waals surface area contributed by atoms with Crippen LogP contribution < -0.4 is 0 Å². The Morgan fingerprint density at radius 3 is 2.72 bits per heavy atom. The van der Waals surface area contributed by atoms with E-state index in [0.717, 1.165) is 21.9 Å². The van der Waals surface area contributed by atoms with Crippen molar-refractivity contribution in [2.45, 2.75) is 0 Å². The highest BCUT2D eigenvalue weighted by Crippen LogP contribution is 2.26. The molecule has 0 spiro atoms. The summed E-state index contributed by atoms with van der Waals surface area (Å²) >= 11 is 6.20. The first-order valence-electron chi connectivity index (χ1n) is 5.65. The molecule has 2 aromatic carbocycles. The summed E-state index contributed by atoms with van der Waals surface area (Å²) < 4.78 is 2.04. The molecule has 0 unspecified atom stereocenters. The summed E-state index contributed by atoms with van der Waals surface area (Å²) in [7, 11) is 0. The molecule has 0 atom stereocenters. The third-order valence-corrected chi connectivity index (χ3v) is 3.45. The Labute approximate surface area is 108 Å². The largest absolute Gasteiger partial charge is 0.276 e. The highest BCUT2D eigenvalue weighted by Gasteiger charge is 2.09. The predicted molar refractivity (Wildman–Crippen MR) is 73.0 cm³/mol. The number of rotatable bonds is 0. The number of para-hydroxylation sites is 2. The Morgan fingerprint density at radius 1 is 0.944 bits per heavy atom. The van der Waals surface area contributed by atoms with Gasteiger partial charge in [0.2, 0.25) is 5.78 Å². The van der Waals surface area contributed by atoms with E-state index in [2.05, 4.69) is 9.97 Å². The zero-order chi connectivity index (χ0) is 12.1. The van der Waals surface area contributed by atoms with Gasteiger partial charge in [0.15, 0.2) is 0 Å². The molecule has 0 saturated heterocycles. The van der Waals surface area contributed by atoms with Crippen LogP contribution in [0.5, 0.6) is 0 Å². The van der Waals surface area contributed by atoms with Crippen molar-refractivity contribution in [3.63, 3.8) is 0 Å². The Balaban J connectivity index is 2.37. The SMILES string of the molecule is Clc1cccc2c1cnc1nc3ccccc3n12. The van der Waals surface area contributed by atoms with E-state index in [-0.39, 0.29) is 0 Å². The van der Waals surface area contributed by atoms with E-state index in [4.69, 9.17) is 11.6 Å². The summed E-state index contributed by atoms with van der Waals surface area (Å²) in [5.74, 6) is 0.700. The highest BCUT2D eigenvalue weighted by atomic mass is 35.5. The normalized spacial score (nSPS) is 11.6. The molecule has 4 heteroatoms. The van der Waals surface area contributed by atoms with Crippen LogP contribution in [0.25, 0.3) is 27.7 Å². The molecule has 0 aliphatic rings. The Morgan fingerprint density at radius 2 is 1.78 bits per heavy atom. The van der Waals surface area contributed by atoms with Crippen LogP contribution in [-0.4, -0.2) is 14.4 Å². The topological polar surface area (TPSA) is 30.2 Å². The van der Waals surface area contributed by atoms with Crippen LogP contribution in [0, 0.1) is 0 Å². The van der Waals surface area contributed by atoms with Gasteiger partial charge in [-0.1, -0.05) is 29.8 Å². The standard InChI is InChI=1S/C14H8ClN3/c15-10-4-3-7-12-9(10)8-16-14-17-11-5-1-2-6-13(11)18(12)14/h1-8H. The lowest BCUT2D eigenvalue weighted by molar-refractivity contribution is 1.19. The molecular weight excluding hydrogens is 246 g/mol. The van der Waals surface area contributed by atoms with Crippen molar-refractivity contribution in [1.82, 2.24) is 14.4 Å². The van der Waals surface area contributed by atoms with E-state index in [0.29, 0.717) is 10.8 Å². The van der Waals surface area contributed by atoms with E-state index < -0.39 is 0 Å². The van der Waals surface area contributed by atoms with Crippen molar-refractivity contribution in [2.24, 2.45) is 0 Å². The first kappa shape index (κ1) is 9.85. The van der Waals surface area contributed by atoms with Crippen molar-refractivity contribution < 1.29 is 0 Å². The third-order valence-electron chi connectivity index (χ3n) is 3.12. The zero-order valence-electron chi connectivity index (χ0n) is 9.34. The molecule has 4 rings (SSSR count). The number of benzene rings is 2. The molecule has 4 aromatic rings. The van der Waals surface area contributed by atoms with E-state index in [1.165, 1.54) is 0 Å². The number of hydrogen-bond acceptors (Lipinski definition) is 2. The molecule has 0 bridgehead atoms. The van der Waals surface area contributed by atoms with Gasteiger partial charge in [-0.15, -0.1) is 0 Å². The van der Waals surface area contributed by atoms with Gasteiger partial charge < -0.3 is 0 Å². The van der Waals surface area contributed by atoms with Gasteiger partial charge in [-0.3, -0.25) is 4.40 Å². The van der Waals surface area contributed by atoms with Gasteiger partial charge >= 0.3 is 0 Å². The van der Waals surface area contributed by atoms with E-state index in [1.807, 2.05) is 46.9 Å². The van der Waals surface area contributed by atoms with Crippen molar-refractivity contribution in [3.8, 4) is 0 Å². The second-order valence-corrected chi connectivity index (χ2v) is 4.57. The van der Waals surface area contributed by atoms with Crippen LogP contribution in [0.3, 0.4) is 0 Å². The number of hydrogen-bond donors (Lipinski definition) is 0. The van der Waals surface area contributed by atoms with Gasteiger partial charge in [-0.25, -0.2) is 9.97 Å². The number of imidazole rings is 1. The molecule has 0 N–H and O–H groups in total. The first-order valence-corrected chi connectivity index (χ1v) is 6.03. The average molecular weight is 254 g/mol. The lowest BCUT2D eigenvalue weighted by Crippen LogP contribution is -1.91. The van der Waals surface area contributed by atoms with Crippen LogP contribution in [-0.2, 0) is 0 Å².